The monoisotopic (exact) mass is 354 g/mol. The Hall–Kier alpha value is -2.26. The van der Waals surface area contributed by atoms with Crippen molar-refractivity contribution < 1.29 is 9.15 Å². The van der Waals surface area contributed by atoms with Gasteiger partial charge in [-0.3, -0.25) is 0 Å². The fraction of sp³-hybridized carbons (Fsp3) is 0.286. The second kappa shape index (κ2) is 6.57. The Balaban J connectivity index is 1.76. The number of halogens is 1. The molecule has 0 saturated carbocycles. The zero-order valence-electron chi connectivity index (χ0n) is 14.0. The van der Waals surface area contributed by atoms with Crippen molar-refractivity contribution in [3.63, 3.8) is 0 Å². The Morgan fingerprint density at radius 1 is 1.08 bits per heavy atom. The molecule has 0 saturated heterocycles. The average Bonchev–Trinajstić information content (AvgIpc) is 2.64. The van der Waals surface area contributed by atoms with E-state index in [1.165, 1.54) is 0 Å². The highest BCUT2D eigenvalue weighted by molar-refractivity contribution is 6.32. The third-order valence-corrected chi connectivity index (χ3v) is 5.14. The van der Waals surface area contributed by atoms with Crippen LogP contribution < -0.4 is 10.4 Å². The van der Waals surface area contributed by atoms with Gasteiger partial charge in [0, 0.05) is 17.0 Å². The number of aryl methyl sites for hydroxylation is 1. The van der Waals surface area contributed by atoms with Crippen LogP contribution in [0.25, 0.3) is 11.0 Å². The van der Waals surface area contributed by atoms with E-state index in [1.807, 2.05) is 43.3 Å². The van der Waals surface area contributed by atoms with Gasteiger partial charge in [0.2, 0.25) is 0 Å². The standard InChI is InChI=1S/C21H19ClO3/c1-13(14-7-3-2-4-8-14)24-20-12-19-17(11-18(20)22)15-9-5-6-10-16(15)21(23)25-19/h2-4,7-8,11-13H,5-6,9-10H2,1H3. The smallest absolute Gasteiger partial charge is 0.339 e. The van der Waals surface area contributed by atoms with Gasteiger partial charge in [-0.15, -0.1) is 0 Å². The van der Waals surface area contributed by atoms with Gasteiger partial charge in [0.1, 0.15) is 17.4 Å². The maximum Gasteiger partial charge on any atom is 0.339 e. The van der Waals surface area contributed by atoms with Crippen molar-refractivity contribution in [1.82, 2.24) is 0 Å². The van der Waals surface area contributed by atoms with Gasteiger partial charge >= 0.3 is 5.63 Å². The minimum Gasteiger partial charge on any atom is -0.484 e. The van der Waals surface area contributed by atoms with Crippen LogP contribution in [0.1, 0.15) is 42.6 Å². The molecule has 1 unspecified atom stereocenters. The summed E-state index contributed by atoms with van der Waals surface area (Å²) in [6, 6.07) is 13.6. The summed E-state index contributed by atoms with van der Waals surface area (Å²) in [5.41, 5.74) is 3.27. The highest BCUT2D eigenvalue weighted by Gasteiger charge is 2.20. The summed E-state index contributed by atoms with van der Waals surface area (Å²) in [5, 5.41) is 1.47. The molecule has 1 aromatic heterocycles. The molecule has 2 aromatic carbocycles. The van der Waals surface area contributed by atoms with E-state index in [4.69, 9.17) is 20.8 Å². The van der Waals surface area contributed by atoms with Crippen molar-refractivity contribution in [2.75, 3.05) is 0 Å². The number of hydrogen-bond acceptors (Lipinski definition) is 3. The van der Waals surface area contributed by atoms with Crippen LogP contribution in [0.2, 0.25) is 5.02 Å². The van der Waals surface area contributed by atoms with Crippen molar-refractivity contribution in [2.24, 2.45) is 0 Å². The van der Waals surface area contributed by atoms with Crippen LogP contribution in [0.3, 0.4) is 0 Å². The zero-order chi connectivity index (χ0) is 17.4. The molecule has 1 aliphatic carbocycles. The summed E-state index contributed by atoms with van der Waals surface area (Å²) < 4.78 is 11.6. The molecule has 0 bridgehead atoms. The highest BCUT2D eigenvalue weighted by Crippen LogP contribution is 2.36. The van der Waals surface area contributed by atoms with Crippen LogP contribution in [0.4, 0.5) is 0 Å². The first-order chi connectivity index (χ1) is 12.1. The summed E-state index contributed by atoms with van der Waals surface area (Å²) in [4.78, 5) is 12.3. The first-order valence-electron chi connectivity index (χ1n) is 8.63. The van der Waals surface area contributed by atoms with Gasteiger partial charge in [-0.2, -0.15) is 0 Å². The molecule has 4 heteroatoms. The third kappa shape index (κ3) is 3.05. The molecule has 0 amide bonds. The van der Waals surface area contributed by atoms with Crippen LogP contribution in [0, 0.1) is 0 Å². The predicted octanol–water partition coefficient (Wildman–Crippen LogP) is 5.47. The molecule has 128 valence electrons. The second-order valence-electron chi connectivity index (χ2n) is 6.50. The molecule has 4 rings (SSSR count). The third-order valence-electron chi connectivity index (χ3n) is 4.85. The van der Waals surface area contributed by atoms with Crippen molar-refractivity contribution in [1.29, 1.82) is 0 Å². The molecule has 0 radical (unpaired) electrons. The zero-order valence-corrected chi connectivity index (χ0v) is 14.8. The summed E-state index contributed by atoms with van der Waals surface area (Å²) in [5.74, 6) is 0.532. The van der Waals surface area contributed by atoms with Crippen LogP contribution >= 0.6 is 11.6 Å². The van der Waals surface area contributed by atoms with Gasteiger partial charge in [0.15, 0.2) is 0 Å². The Labute approximate surface area is 151 Å². The number of benzene rings is 2. The van der Waals surface area contributed by atoms with Gasteiger partial charge in [-0.05, 0) is 49.8 Å². The lowest BCUT2D eigenvalue weighted by Crippen LogP contribution is -2.15. The first-order valence-corrected chi connectivity index (χ1v) is 9.01. The van der Waals surface area contributed by atoms with Crippen molar-refractivity contribution in [2.45, 2.75) is 38.7 Å². The number of rotatable bonds is 3. The van der Waals surface area contributed by atoms with E-state index < -0.39 is 0 Å². The SMILES string of the molecule is CC(Oc1cc2oc(=O)c3c(c2cc1Cl)CCCC3)c1ccccc1. The van der Waals surface area contributed by atoms with E-state index in [-0.39, 0.29) is 11.7 Å². The highest BCUT2D eigenvalue weighted by atomic mass is 35.5. The topological polar surface area (TPSA) is 39.4 Å². The fourth-order valence-electron chi connectivity index (χ4n) is 3.52. The van der Waals surface area contributed by atoms with E-state index in [2.05, 4.69) is 0 Å². The molecule has 0 N–H and O–H groups in total. The Bertz CT molecular complexity index is 976. The van der Waals surface area contributed by atoms with Crippen molar-refractivity contribution in [3.8, 4) is 5.75 Å². The normalized spacial score (nSPS) is 15.0. The van der Waals surface area contributed by atoms with Gasteiger partial charge in [-0.1, -0.05) is 41.9 Å². The molecule has 1 aliphatic rings. The van der Waals surface area contributed by atoms with Crippen molar-refractivity contribution in [3.05, 3.63) is 74.6 Å². The van der Waals surface area contributed by atoms with Crippen LogP contribution in [0.5, 0.6) is 5.75 Å². The van der Waals surface area contributed by atoms with E-state index in [0.29, 0.717) is 16.4 Å². The summed E-state index contributed by atoms with van der Waals surface area (Å²) in [6.07, 6.45) is 3.66. The molecule has 3 nitrogen and oxygen atoms in total. The van der Waals surface area contributed by atoms with Crippen molar-refractivity contribution >= 4 is 22.6 Å². The quantitative estimate of drug-likeness (QED) is 0.586. The largest absolute Gasteiger partial charge is 0.484 e. The number of ether oxygens (including phenoxy) is 1. The van der Waals surface area contributed by atoms with E-state index in [9.17, 15) is 4.79 Å². The van der Waals surface area contributed by atoms with Crippen LogP contribution in [-0.2, 0) is 12.8 Å². The van der Waals surface area contributed by atoms with Crippen LogP contribution in [-0.4, -0.2) is 0 Å². The van der Waals surface area contributed by atoms with Gasteiger partial charge in [0.05, 0.1) is 5.02 Å². The van der Waals surface area contributed by atoms with Crippen LogP contribution in [0.15, 0.2) is 51.7 Å². The fourth-order valence-corrected chi connectivity index (χ4v) is 3.73. The average molecular weight is 355 g/mol. The molecule has 0 spiro atoms. The molecule has 1 heterocycles. The maximum absolute atomic E-state index is 12.3. The minimum absolute atomic E-state index is 0.152. The Morgan fingerprint density at radius 3 is 2.56 bits per heavy atom. The maximum atomic E-state index is 12.3. The lowest BCUT2D eigenvalue weighted by atomic mass is 9.90. The summed E-state index contributed by atoms with van der Waals surface area (Å²) in [7, 11) is 0. The number of fused-ring (bicyclic) bond motifs is 3. The Kier molecular flexibility index (Phi) is 4.26. The van der Waals surface area contributed by atoms with Gasteiger partial charge < -0.3 is 9.15 Å². The lowest BCUT2D eigenvalue weighted by Gasteiger charge is -2.19. The Morgan fingerprint density at radius 2 is 1.80 bits per heavy atom. The molecule has 3 aromatic rings. The molecule has 25 heavy (non-hydrogen) atoms. The molecule has 1 atom stereocenters. The predicted molar refractivity (Wildman–Crippen MR) is 99.6 cm³/mol. The molecule has 0 fully saturated rings. The molecule has 0 aliphatic heterocycles. The van der Waals surface area contributed by atoms with Gasteiger partial charge in [0.25, 0.3) is 0 Å². The second-order valence-corrected chi connectivity index (χ2v) is 6.91. The van der Waals surface area contributed by atoms with E-state index >= 15 is 0 Å². The summed E-state index contributed by atoms with van der Waals surface area (Å²) >= 11 is 6.47. The molecular formula is C21H19ClO3. The first kappa shape index (κ1) is 16.2. The van der Waals surface area contributed by atoms with Gasteiger partial charge in [-0.25, -0.2) is 4.79 Å². The number of hydrogen-bond donors (Lipinski definition) is 0. The van der Waals surface area contributed by atoms with E-state index in [0.717, 1.165) is 47.8 Å². The molecular weight excluding hydrogens is 336 g/mol. The lowest BCUT2D eigenvalue weighted by molar-refractivity contribution is 0.227. The summed E-state index contributed by atoms with van der Waals surface area (Å²) in [6.45, 7) is 1.97. The minimum atomic E-state index is -0.230. The van der Waals surface area contributed by atoms with E-state index in [1.54, 1.807) is 6.07 Å².